The quantitative estimate of drug-likeness (QED) is 0.631. The zero-order chi connectivity index (χ0) is 19.5. The van der Waals surface area contributed by atoms with Crippen LogP contribution in [0.1, 0.15) is 20.0 Å². The molecule has 0 saturated carbocycles. The summed E-state index contributed by atoms with van der Waals surface area (Å²) in [5.74, 6) is -0.255. The maximum Gasteiger partial charge on any atom is 0.265 e. The lowest BCUT2D eigenvalue weighted by Gasteiger charge is -2.18. The molecule has 0 radical (unpaired) electrons. The van der Waals surface area contributed by atoms with Crippen LogP contribution in [-0.2, 0) is 4.79 Å². The predicted molar refractivity (Wildman–Crippen MR) is 107 cm³/mol. The lowest BCUT2D eigenvalue weighted by molar-refractivity contribution is -0.118. The molecule has 3 amide bonds. The number of hydrogen-bond acceptors (Lipinski definition) is 5. The molecule has 7 nitrogen and oxygen atoms in total. The van der Waals surface area contributed by atoms with Crippen LogP contribution >= 0.6 is 11.3 Å². The highest BCUT2D eigenvalue weighted by Gasteiger charge is 2.17. The van der Waals surface area contributed by atoms with Crippen molar-refractivity contribution >= 4 is 46.1 Å². The summed E-state index contributed by atoms with van der Waals surface area (Å²) < 4.78 is 5.30. The Labute approximate surface area is 164 Å². The smallest absolute Gasteiger partial charge is 0.265 e. The second-order valence-corrected chi connectivity index (χ2v) is 6.96. The molecule has 0 bridgehead atoms. The minimum atomic E-state index is -0.338. The minimum Gasteiger partial charge on any atom is -0.482 e. The van der Waals surface area contributed by atoms with E-state index in [1.165, 1.54) is 11.3 Å². The average Bonchev–Trinajstić information content (AvgIpc) is 3.23. The Morgan fingerprint density at radius 2 is 1.79 bits per heavy atom. The molecule has 0 aliphatic carbocycles. The molecular weight excluding hydrogens is 378 g/mol. The molecule has 1 aromatic heterocycles. The first-order valence-corrected chi connectivity index (χ1v) is 9.29. The van der Waals surface area contributed by atoms with Gasteiger partial charge in [0.2, 0.25) is 0 Å². The Balaban J connectivity index is 1.47. The Hall–Kier alpha value is -3.65. The Morgan fingerprint density at radius 3 is 2.61 bits per heavy atom. The van der Waals surface area contributed by atoms with E-state index in [0.29, 0.717) is 33.3 Å². The van der Waals surface area contributed by atoms with Crippen LogP contribution in [-0.4, -0.2) is 24.3 Å². The van der Waals surface area contributed by atoms with Gasteiger partial charge in [0, 0.05) is 16.9 Å². The van der Waals surface area contributed by atoms with Gasteiger partial charge in [-0.2, -0.15) is 0 Å². The molecule has 140 valence electrons. The first kappa shape index (κ1) is 17.7. The fourth-order valence-corrected chi connectivity index (χ4v) is 3.32. The molecule has 3 N–H and O–H groups in total. The van der Waals surface area contributed by atoms with Crippen LogP contribution in [0, 0.1) is 0 Å². The number of carbonyl (C=O) groups is 3. The van der Waals surface area contributed by atoms with E-state index in [1.807, 2.05) is 5.38 Å². The first-order valence-electron chi connectivity index (χ1n) is 8.41. The van der Waals surface area contributed by atoms with Gasteiger partial charge in [0.05, 0.1) is 10.6 Å². The first-order chi connectivity index (χ1) is 13.6. The number of nitrogens with one attached hydrogen (secondary N) is 3. The summed E-state index contributed by atoms with van der Waals surface area (Å²) in [5, 5.41) is 10.1. The predicted octanol–water partition coefficient (Wildman–Crippen LogP) is 3.58. The van der Waals surface area contributed by atoms with Crippen molar-refractivity contribution in [2.24, 2.45) is 0 Å². The number of ether oxygens (including phenoxy) is 1. The van der Waals surface area contributed by atoms with Gasteiger partial charge < -0.3 is 20.7 Å². The van der Waals surface area contributed by atoms with Gasteiger partial charge in [0.25, 0.3) is 17.7 Å². The van der Waals surface area contributed by atoms with Crippen LogP contribution in [0.4, 0.5) is 17.1 Å². The van der Waals surface area contributed by atoms with E-state index in [0.717, 1.165) is 0 Å². The van der Waals surface area contributed by atoms with E-state index in [2.05, 4.69) is 16.0 Å². The molecule has 0 fully saturated rings. The summed E-state index contributed by atoms with van der Waals surface area (Å²) in [6, 6.07) is 15.2. The van der Waals surface area contributed by atoms with Gasteiger partial charge in [-0.05, 0) is 47.8 Å². The average molecular weight is 393 g/mol. The lowest BCUT2D eigenvalue weighted by Crippen LogP contribution is -2.25. The van der Waals surface area contributed by atoms with E-state index in [9.17, 15) is 14.4 Å². The lowest BCUT2D eigenvalue weighted by atomic mass is 10.1. The van der Waals surface area contributed by atoms with Crippen molar-refractivity contribution in [3.63, 3.8) is 0 Å². The van der Waals surface area contributed by atoms with E-state index < -0.39 is 0 Å². The van der Waals surface area contributed by atoms with Crippen molar-refractivity contribution in [3.8, 4) is 5.75 Å². The number of rotatable bonds is 4. The van der Waals surface area contributed by atoms with Crippen LogP contribution in [0.25, 0.3) is 0 Å². The zero-order valence-corrected chi connectivity index (χ0v) is 15.3. The molecule has 2 aromatic carbocycles. The highest BCUT2D eigenvalue weighted by Crippen LogP contribution is 2.30. The Kier molecular flexibility index (Phi) is 4.77. The topological polar surface area (TPSA) is 96.5 Å². The number of thiophene rings is 1. The van der Waals surface area contributed by atoms with Crippen LogP contribution in [0.3, 0.4) is 0 Å². The van der Waals surface area contributed by atoms with E-state index in [4.69, 9.17) is 4.74 Å². The third-order valence-corrected chi connectivity index (χ3v) is 4.87. The number of fused-ring (bicyclic) bond motifs is 1. The second-order valence-electron chi connectivity index (χ2n) is 6.01. The normalized spacial score (nSPS) is 12.4. The maximum absolute atomic E-state index is 12.6. The van der Waals surface area contributed by atoms with Gasteiger partial charge in [-0.1, -0.05) is 12.1 Å². The van der Waals surface area contributed by atoms with Crippen molar-refractivity contribution in [2.45, 2.75) is 0 Å². The van der Waals surface area contributed by atoms with Gasteiger partial charge in [-0.15, -0.1) is 11.3 Å². The molecule has 0 unspecified atom stereocenters. The van der Waals surface area contributed by atoms with Crippen LogP contribution < -0.4 is 20.7 Å². The van der Waals surface area contributed by atoms with Crippen LogP contribution in [0.15, 0.2) is 60.0 Å². The molecule has 3 aromatic rings. The largest absolute Gasteiger partial charge is 0.482 e. The summed E-state index contributed by atoms with van der Waals surface area (Å²) in [6.45, 7) is -0.0251. The summed E-state index contributed by atoms with van der Waals surface area (Å²) in [7, 11) is 0. The third-order valence-electron chi connectivity index (χ3n) is 4.00. The number of hydrogen-bond donors (Lipinski definition) is 3. The van der Waals surface area contributed by atoms with Gasteiger partial charge >= 0.3 is 0 Å². The maximum atomic E-state index is 12.6. The van der Waals surface area contributed by atoms with E-state index >= 15 is 0 Å². The molecule has 0 spiro atoms. The van der Waals surface area contributed by atoms with Crippen molar-refractivity contribution in [3.05, 3.63) is 70.4 Å². The zero-order valence-electron chi connectivity index (χ0n) is 14.5. The van der Waals surface area contributed by atoms with Crippen molar-refractivity contribution in [2.75, 3.05) is 22.6 Å². The fraction of sp³-hybridized carbons (Fsp3) is 0.0500. The standard InChI is InChI=1S/C20H15N3O4S/c24-18-11-27-16-7-6-14(10-15(16)23-18)21-19(25)12-3-1-4-13(9-12)22-20(26)17-5-2-8-28-17/h1-10H,11H2,(H,21,25)(H,22,26)(H,23,24). The Morgan fingerprint density at radius 1 is 0.964 bits per heavy atom. The molecular formula is C20H15N3O4S. The van der Waals surface area contributed by atoms with Crippen LogP contribution in [0.5, 0.6) is 5.75 Å². The molecule has 2 heterocycles. The highest BCUT2D eigenvalue weighted by atomic mass is 32.1. The molecule has 28 heavy (non-hydrogen) atoms. The third kappa shape index (κ3) is 3.86. The number of amides is 3. The summed E-state index contributed by atoms with van der Waals surface area (Å²) >= 11 is 1.34. The monoisotopic (exact) mass is 393 g/mol. The SMILES string of the molecule is O=C1COc2ccc(NC(=O)c3cccc(NC(=O)c4cccs4)c3)cc2N1. The molecule has 0 atom stereocenters. The number of carbonyl (C=O) groups excluding carboxylic acids is 3. The van der Waals surface area contributed by atoms with E-state index in [1.54, 1.807) is 54.6 Å². The van der Waals surface area contributed by atoms with Gasteiger partial charge in [-0.3, -0.25) is 14.4 Å². The van der Waals surface area contributed by atoms with Crippen molar-refractivity contribution in [1.29, 1.82) is 0 Å². The summed E-state index contributed by atoms with van der Waals surface area (Å²) in [5.41, 5.74) is 1.94. The second kappa shape index (κ2) is 7.53. The molecule has 1 aliphatic heterocycles. The minimum absolute atomic E-state index is 0.0251. The van der Waals surface area contributed by atoms with Crippen molar-refractivity contribution < 1.29 is 19.1 Å². The van der Waals surface area contributed by atoms with Crippen LogP contribution in [0.2, 0.25) is 0 Å². The molecule has 0 saturated heterocycles. The van der Waals surface area contributed by atoms with Crippen molar-refractivity contribution in [1.82, 2.24) is 0 Å². The van der Waals surface area contributed by atoms with Gasteiger partial charge in [-0.25, -0.2) is 0 Å². The fourth-order valence-electron chi connectivity index (χ4n) is 2.70. The highest BCUT2D eigenvalue weighted by molar-refractivity contribution is 7.12. The molecule has 4 rings (SSSR count). The molecule has 1 aliphatic rings. The summed E-state index contributed by atoms with van der Waals surface area (Å²) in [6.07, 6.45) is 0. The van der Waals surface area contributed by atoms with Gasteiger partial charge in [0.15, 0.2) is 6.61 Å². The van der Waals surface area contributed by atoms with E-state index in [-0.39, 0.29) is 24.3 Å². The Bertz CT molecular complexity index is 1060. The summed E-state index contributed by atoms with van der Waals surface area (Å²) in [4.78, 5) is 36.8. The number of anilines is 3. The van der Waals surface area contributed by atoms with Gasteiger partial charge in [0.1, 0.15) is 5.75 Å². The molecule has 8 heteroatoms. The number of benzene rings is 2.